The molecule has 0 radical (unpaired) electrons. The van der Waals surface area contributed by atoms with Crippen molar-refractivity contribution in [2.45, 2.75) is 20.8 Å². The fourth-order valence-corrected chi connectivity index (χ4v) is 2.98. The minimum atomic E-state index is -0.571. The van der Waals surface area contributed by atoms with Crippen LogP contribution in [-0.2, 0) is 9.47 Å². The van der Waals surface area contributed by atoms with Gasteiger partial charge in [0.15, 0.2) is 6.61 Å². The van der Waals surface area contributed by atoms with Crippen molar-refractivity contribution in [2.75, 3.05) is 13.2 Å². The number of aryl methyl sites for hydroxylation is 1. The minimum absolute atomic E-state index is 0.246. The second-order valence-corrected chi connectivity index (χ2v) is 6.60. The molecule has 25 heavy (non-hydrogen) atoms. The predicted octanol–water partition coefficient (Wildman–Crippen LogP) is 3.45. The molecule has 0 saturated carbocycles. The summed E-state index contributed by atoms with van der Waals surface area (Å²) in [6.07, 6.45) is 0. The average molecular weight is 455 g/mol. The minimum Gasteiger partial charge on any atom is -0.462 e. The van der Waals surface area contributed by atoms with E-state index in [1.165, 1.54) is 0 Å². The number of carbonyl (C=O) groups excluding carboxylic acids is 3. The van der Waals surface area contributed by atoms with Gasteiger partial charge in [-0.1, -0.05) is 6.07 Å². The number of esters is 2. The molecule has 132 valence electrons. The first-order chi connectivity index (χ1) is 11.8. The third kappa shape index (κ3) is 4.47. The molecule has 7 heteroatoms. The highest BCUT2D eigenvalue weighted by atomic mass is 127. The van der Waals surface area contributed by atoms with Crippen LogP contribution in [-0.4, -0.2) is 35.9 Å². The molecule has 1 aromatic carbocycles. The van der Waals surface area contributed by atoms with Crippen LogP contribution in [0.2, 0.25) is 0 Å². The van der Waals surface area contributed by atoms with Crippen molar-refractivity contribution < 1.29 is 23.9 Å². The highest BCUT2D eigenvalue weighted by Crippen LogP contribution is 2.20. The van der Waals surface area contributed by atoms with Crippen LogP contribution in [0.3, 0.4) is 0 Å². The first-order valence-electron chi connectivity index (χ1n) is 7.67. The highest BCUT2D eigenvalue weighted by Gasteiger charge is 2.23. The first kappa shape index (κ1) is 19.2. The van der Waals surface area contributed by atoms with Crippen LogP contribution in [0.25, 0.3) is 0 Å². The average Bonchev–Trinajstić information content (AvgIpc) is 2.87. The van der Waals surface area contributed by atoms with E-state index >= 15 is 0 Å². The number of carbonyl (C=O) groups is 3. The number of H-pyrrole nitrogens is 1. The largest absolute Gasteiger partial charge is 0.462 e. The van der Waals surface area contributed by atoms with Crippen molar-refractivity contribution in [3.05, 3.63) is 55.9 Å². The van der Waals surface area contributed by atoms with Crippen molar-refractivity contribution in [3.8, 4) is 0 Å². The zero-order valence-corrected chi connectivity index (χ0v) is 16.3. The summed E-state index contributed by atoms with van der Waals surface area (Å²) in [6, 6.07) is 6.89. The molecule has 0 fully saturated rings. The van der Waals surface area contributed by atoms with E-state index in [1.54, 1.807) is 39.0 Å². The molecule has 1 aromatic heterocycles. The van der Waals surface area contributed by atoms with Gasteiger partial charge in [0.1, 0.15) is 0 Å². The maximum absolute atomic E-state index is 12.4. The Labute approximate surface area is 159 Å². The monoisotopic (exact) mass is 455 g/mol. The van der Waals surface area contributed by atoms with Gasteiger partial charge in [-0.3, -0.25) is 4.79 Å². The Morgan fingerprint density at radius 3 is 2.48 bits per heavy atom. The maximum Gasteiger partial charge on any atom is 0.340 e. The van der Waals surface area contributed by atoms with E-state index in [1.807, 2.05) is 6.07 Å². The van der Waals surface area contributed by atoms with Crippen LogP contribution in [0.5, 0.6) is 0 Å². The van der Waals surface area contributed by atoms with Gasteiger partial charge in [-0.25, -0.2) is 9.59 Å². The van der Waals surface area contributed by atoms with Crippen molar-refractivity contribution in [1.29, 1.82) is 0 Å². The van der Waals surface area contributed by atoms with E-state index in [0.29, 0.717) is 22.4 Å². The van der Waals surface area contributed by atoms with Gasteiger partial charge in [-0.15, -0.1) is 0 Å². The molecular formula is C18H18INO5. The third-order valence-corrected chi connectivity index (χ3v) is 4.26. The molecule has 0 atom stereocenters. The lowest BCUT2D eigenvalue weighted by Gasteiger charge is -2.05. The number of rotatable bonds is 6. The van der Waals surface area contributed by atoms with Crippen molar-refractivity contribution in [2.24, 2.45) is 0 Å². The number of hydrogen-bond donors (Lipinski definition) is 1. The normalized spacial score (nSPS) is 10.4. The molecule has 0 spiro atoms. The van der Waals surface area contributed by atoms with Gasteiger partial charge in [-0.05, 0) is 67.1 Å². The van der Waals surface area contributed by atoms with Crippen molar-refractivity contribution in [1.82, 2.24) is 4.98 Å². The molecule has 0 aliphatic heterocycles. The zero-order chi connectivity index (χ0) is 18.6. The summed E-state index contributed by atoms with van der Waals surface area (Å²) in [5.41, 5.74) is 2.01. The van der Waals surface area contributed by atoms with Gasteiger partial charge in [0.2, 0.25) is 5.78 Å². The second kappa shape index (κ2) is 8.28. The number of aromatic amines is 1. The first-order valence-corrected chi connectivity index (χ1v) is 8.75. The Balaban J connectivity index is 2.10. The van der Waals surface area contributed by atoms with E-state index in [2.05, 4.69) is 27.6 Å². The van der Waals surface area contributed by atoms with Crippen LogP contribution in [0.4, 0.5) is 0 Å². The molecule has 2 rings (SSSR count). The number of benzene rings is 1. The lowest BCUT2D eigenvalue weighted by atomic mass is 10.1. The quantitative estimate of drug-likeness (QED) is 0.410. The molecular weight excluding hydrogens is 437 g/mol. The molecule has 0 unspecified atom stereocenters. The van der Waals surface area contributed by atoms with Gasteiger partial charge in [0.05, 0.1) is 23.4 Å². The van der Waals surface area contributed by atoms with Crippen LogP contribution >= 0.6 is 22.6 Å². The summed E-state index contributed by atoms with van der Waals surface area (Å²) in [6.45, 7) is 4.90. The summed E-state index contributed by atoms with van der Waals surface area (Å²) in [5, 5.41) is 0. The molecule has 6 nitrogen and oxygen atoms in total. The molecule has 0 aliphatic rings. The molecule has 0 amide bonds. The Morgan fingerprint density at radius 2 is 1.84 bits per heavy atom. The Kier molecular flexibility index (Phi) is 6.35. The lowest BCUT2D eigenvalue weighted by molar-refractivity contribution is 0.0472. The van der Waals surface area contributed by atoms with Crippen LogP contribution < -0.4 is 0 Å². The predicted molar refractivity (Wildman–Crippen MR) is 100.0 cm³/mol. The number of hydrogen-bond acceptors (Lipinski definition) is 5. The van der Waals surface area contributed by atoms with Crippen LogP contribution in [0.15, 0.2) is 24.3 Å². The van der Waals surface area contributed by atoms with Crippen LogP contribution in [0, 0.1) is 17.4 Å². The van der Waals surface area contributed by atoms with Gasteiger partial charge < -0.3 is 14.5 Å². The van der Waals surface area contributed by atoms with E-state index in [-0.39, 0.29) is 12.3 Å². The zero-order valence-electron chi connectivity index (χ0n) is 14.1. The fraction of sp³-hybridized carbons (Fsp3) is 0.278. The fourth-order valence-electron chi connectivity index (χ4n) is 2.44. The van der Waals surface area contributed by atoms with E-state index < -0.39 is 24.3 Å². The Bertz CT molecular complexity index is 825. The SMILES string of the molecule is CCOC(=O)c1c(C)[nH]c(C(=O)COC(=O)c2cccc(I)c2)c1C. The highest BCUT2D eigenvalue weighted by molar-refractivity contribution is 14.1. The summed E-state index contributed by atoms with van der Waals surface area (Å²) < 4.78 is 11.0. The van der Waals surface area contributed by atoms with Gasteiger partial charge in [0.25, 0.3) is 0 Å². The maximum atomic E-state index is 12.4. The Morgan fingerprint density at radius 1 is 1.12 bits per heavy atom. The summed E-state index contributed by atoms with van der Waals surface area (Å²) in [5.74, 6) is -1.46. The number of nitrogens with one attached hydrogen (secondary N) is 1. The number of aromatic nitrogens is 1. The number of ketones is 1. The second-order valence-electron chi connectivity index (χ2n) is 5.36. The topological polar surface area (TPSA) is 85.5 Å². The van der Waals surface area contributed by atoms with E-state index in [4.69, 9.17) is 9.47 Å². The summed E-state index contributed by atoms with van der Waals surface area (Å²) in [7, 11) is 0. The lowest BCUT2D eigenvalue weighted by Crippen LogP contribution is -2.15. The molecule has 0 saturated heterocycles. The Hall–Kier alpha value is -2.16. The van der Waals surface area contributed by atoms with Gasteiger partial charge >= 0.3 is 11.9 Å². The van der Waals surface area contributed by atoms with E-state index in [9.17, 15) is 14.4 Å². The molecule has 0 aliphatic carbocycles. The van der Waals surface area contributed by atoms with Crippen molar-refractivity contribution >= 4 is 40.3 Å². The summed E-state index contributed by atoms with van der Waals surface area (Å²) in [4.78, 5) is 39.2. The number of Topliss-reactive ketones (excluding diaryl/α,β-unsaturated/α-hetero) is 1. The van der Waals surface area contributed by atoms with Crippen LogP contribution in [0.1, 0.15) is 49.4 Å². The van der Waals surface area contributed by atoms with Crippen molar-refractivity contribution in [3.63, 3.8) is 0 Å². The third-order valence-electron chi connectivity index (χ3n) is 3.59. The number of halogens is 1. The molecule has 0 bridgehead atoms. The van der Waals surface area contributed by atoms with Gasteiger partial charge in [-0.2, -0.15) is 0 Å². The standard InChI is InChI=1S/C18H18INO5/c1-4-24-18(23)15-10(2)16(20-11(15)3)14(21)9-25-17(22)12-6-5-7-13(19)8-12/h5-8,20H,4,9H2,1-3H3. The van der Waals surface area contributed by atoms with E-state index in [0.717, 1.165) is 3.57 Å². The summed E-state index contributed by atoms with van der Waals surface area (Å²) >= 11 is 2.09. The smallest absolute Gasteiger partial charge is 0.340 e. The van der Waals surface area contributed by atoms with Gasteiger partial charge in [0, 0.05) is 9.26 Å². The number of ether oxygens (including phenoxy) is 2. The molecule has 1 heterocycles. The molecule has 1 N–H and O–H groups in total. The molecule has 2 aromatic rings.